The summed E-state index contributed by atoms with van der Waals surface area (Å²) >= 11 is 0. The van der Waals surface area contributed by atoms with Crippen molar-refractivity contribution in [2.24, 2.45) is 5.41 Å². The van der Waals surface area contributed by atoms with E-state index < -0.39 is 6.09 Å². The maximum atomic E-state index is 11.4. The Morgan fingerprint density at radius 2 is 1.85 bits per heavy atom. The SMILES string of the molecule is CCOC(=O)C=C1CCC2(CC1)CCN(C(=O)O)CC2. The standard InChI is InChI=1S/C15H23NO4/c1-2-20-13(17)11-12-3-5-15(6-4-12)7-9-16(10-8-15)14(18)19/h11H,2-10H2,1H3,(H,18,19). The van der Waals surface area contributed by atoms with Gasteiger partial charge in [-0.15, -0.1) is 0 Å². The van der Waals surface area contributed by atoms with Gasteiger partial charge >= 0.3 is 12.1 Å². The average molecular weight is 281 g/mol. The highest BCUT2D eigenvalue weighted by Gasteiger charge is 2.37. The normalized spacial score (nSPS) is 21.6. The number of ether oxygens (including phenoxy) is 1. The highest BCUT2D eigenvalue weighted by Crippen LogP contribution is 2.46. The zero-order valence-electron chi connectivity index (χ0n) is 12.1. The fourth-order valence-electron chi connectivity index (χ4n) is 3.27. The Hall–Kier alpha value is -1.52. The molecule has 5 nitrogen and oxygen atoms in total. The van der Waals surface area contributed by atoms with Crippen molar-refractivity contribution in [1.29, 1.82) is 0 Å². The molecule has 1 N–H and O–H groups in total. The van der Waals surface area contributed by atoms with E-state index in [4.69, 9.17) is 9.84 Å². The van der Waals surface area contributed by atoms with Crippen LogP contribution in [-0.4, -0.2) is 41.8 Å². The number of amides is 1. The van der Waals surface area contributed by atoms with Gasteiger partial charge in [-0.3, -0.25) is 0 Å². The number of rotatable bonds is 2. The fourth-order valence-corrected chi connectivity index (χ4v) is 3.27. The molecule has 1 heterocycles. The molecular formula is C15H23NO4. The van der Waals surface area contributed by atoms with Gasteiger partial charge in [-0.2, -0.15) is 0 Å². The molecule has 1 aliphatic carbocycles. The highest BCUT2D eigenvalue weighted by molar-refractivity contribution is 5.82. The van der Waals surface area contributed by atoms with Crippen LogP contribution in [0.5, 0.6) is 0 Å². The number of hydrogen-bond donors (Lipinski definition) is 1. The van der Waals surface area contributed by atoms with Gasteiger partial charge in [0.2, 0.25) is 0 Å². The number of hydrogen-bond acceptors (Lipinski definition) is 3. The van der Waals surface area contributed by atoms with E-state index in [1.807, 2.05) is 6.92 Å². The molecule has 1 amide bonds. The number of piperidine rings is 1. The summed E-state index contributed by atoms with van der Waals surface area (Å²) in [6, 6.07) is 0. The lowest BCUT2D eigenvalue weighted by Gasteiger charge is -2.44. The molecule has 0 bridgehead atoms. The first-order chi connectivity index (χ1) is 9.54. The second kappa shape index (κ2) is 6.29. The van der Waals surface area contributed by atoms with E-state index in [0.717, 1.165) is 38.5 Å². The zero-order valence-corrected chi connectivity index (χ0v) is 12.1. The second-order valence-corrected chi connectivity index (χ2v) is 5.82. The Bertz CT molecular complexity index is 396. The minimum Gasteiger partial charge on any atom is -0.465 e. The Kier molecular flexibility index (Phi) is 4.68. The number of carboxylic acid groups (broad SMARTS) is 1. The monoisotopic (exact) mass is 281 g/mol. The van der Waals surface area contributed by atoms with E-state index in [2.05, 4.69) is 0 Å². The van der Waals surface area contributed by atoms with Crippen LogP contribution in [0.1, 0.15) is 45.4 Å². The van der Waals surface area contributed by atoms with E-state index in [9.17, 15) is 9.59 Å². The second-order valence-electron chi connectivity index (χ2n) is 5.82. The molecule has 112 valence electrons. The number of carbonyl (C=O) groups is 2. The van der Waals surface area contributed by atoms with Crippen molar-refractivity contribution in [2.75, 3.05) is 19.7 Å². The van der Waals surface area contributed by atoms with Gasteiger partial charge in [-0.1, -0.05) is 5.57 Å². The number of nitrogens with zero attached hydrogens (tertiary/aromatic N) is 1. The molecule has 0 radical (unpaired) electrons. The Morgan fingerprint density at radius 1 is 1.25 bits per heavy atom. The van der Waals surface area contributed by atoms with Crippen LogP contribution in [0.15, 0.2) is 11.6 Å². The largest absolute Gasteiger partial charge is 0.465 e. The van der Waals surface area contributed by atoms with Gasteiger partial charge in [0, 0.05) is 19.2 Å². The van der Waals surface area contributed by atoms with Gasteiger partial charge < -0.3 is 14.7 Å². The van der Waals surface area contributed by atoms with Crippen molar-refractivity contribution >= 4 is 12.1 Å². The van der Waals surface area contributed by atoms with Gasteiger partial charge in [-0.25, -0.2) is 9.59 Å². The molecule has 1 aliphatic heterocycles. The van der Waals surface area contributed by atoms with Gasteiger partial charge in [0.05, 0.1) is 6.61 Å². The van der Waals surface area contributed by atoms with Crippen LogP contribution in [0.3, 0.4) is 0 Å². The fraction of sp³-hybridized carbons (Fsp3) is 0.733. The number of esters is 1. The molecule has 1 spiro atoms. The summed E-state index contributed by atoms with van der Waals surface area (Å²) in [5, 5.41) is 8.98. The number of allylic oxidation sites excluding steroid dienone is 1. The van der Waals surface area contributed by atoms with E-state index in [-0.39, 0.29) is 11.4 Å². The maximum Gasteiger partial charge on any atom is 0.407 e. The van der Waals surface area contributed by atoms with Crippen LogP contribution in [0.25, 0.3) is 0 Å². The molecule has 20 heavy (non-hydrogen) atoms. The molecule has 0 aromatic carbocycles. The molecular weight excluding hydrogens is 258 g/mol. The number of carbonyl (C=O) groups excluding carboxylic acids is 1. The molecule has 2 fully saturated rings. The third-order valence-electron chi connectivity index (χ3n) is 4.66. The Labute approximate surface area is 119 Å². The molecule has 0 atom stereocenters. The molecule has 1 saturated carbocycles. The third kappa shape index (κ3) is 3.52. The van der Waals surface area contributed by atoms with Crippen LogP contribution in [0.4, 0.5) is 4.79 Å². The minimum absolute atomic E-state index is 0.237. The predicted octanol–water partition coefficient (Wildman–Crippen LogP) is 2.81. The van der Waals surface area contributed by atoms with Gasteiger partial charge in [0.1, 0.15) is 0 Å². The summed E-state index contributed by atoms with van der Waals surface area (Å²) < 4.78 is 4.93. The van der Waals surface area contributed by atoms with Crippen LogP contribution in [0.2, 0.25) is 0 Å². The topological polar surface area (TPSA) is 66.8 Å². The van der Waals surface area contributed by atoms with Crippen molar-refractivity contribution in [3.05, 3.63) is 11.6 Å². The first kappa shape index (κ1) is 14.9. The van der Waals surface area contributed by atoms with Crippen molar-refractivity contribution in [3.63, 3.8) is 0 Å². The lowest BCUT2D eigenvalue weighted by molar-refractivity contribution is -0.137. The quantitative estimate of drug-likeness (QED) is 0.624. The Balaban J connectivity index is 1.85. The van der Waals surface area contributed by atoms with E-state index in [0.29, 0.717) is 19.7 Å². The van der Waals surface area contributed by atoms with Gasteiger partial charge in [-0.05, 0) is 50.9 Å². The first-order valence-electron chi connectivity index (χ1n) is 7.39. The summed E-state index contributed by atoms with van der Waals surface area (Å²) in [6.45, 7) is 3.51. The predicted molar refractivity (Wildman–Crippen MR) is 74.4 cm³/mol. The lowest BCUT2D eigenvalue weighted by Crippen LogP contribution is -2.43. The van der Waals surface area contributed by atoms with Crippen LogP contribution in [0, 0.1) is 5.41 Å². The zero-order chi connectivity index (χ0) is 14.6. The van der Waals surface area contributed by atoms with Crippen molar-refractivity contribution in [1.82, 2.24) is 4.90 Å². The van der Waals surface area contributed by atoms with Crippen molar-refractivity contribution < 1.29 is 19.4 Å². The Morgan fingerprint density at radius 3 is 2.35 bits per heavy atom. The van der Waals surface area contributed by atoms with E-state index in [1.165, 1.54) is 10.5 Å². The van der Waals surface area contributed by atoms with Crippen LogP contribution < -0.4 is 0 Å². The molecule has 2 aliphatic rings. The lowest BCUT2D eigenvalue weighted by atomic mass is 9.67. The van der Waals surface area contributed by atoms with E-state index in [1.54, 1.807) is 6.08 Å². The van der Waals surface area contributed by atoms with Gasteiger partial charge in [0.15, 0.2) is 0 Å². The van der Waals surface area contributed by atoms with Gasteiger partial charge in [0.25, 0.3) is 0 Å². The molecule has 0 unspecified atom stereocenters. The maximum absolute atomic E-state index is 11.4. The summed E-state index contributed by atoms with van der Waals surface area (Å²) in [7, 11) is 0. The van der Waals surface area contributed by atoms with Crippen LogP contribution in [-0.2, 0) is 9.53 Å². The third-order valence-corrected chi connectivity index (χ3v) is 4.66. The molecule has 5 heteroatoms. The van der Waals surface area contributed by atoms with Crippen LogP contribution >= 0.6 is 0 Å². The summed E-state index contributed by atoms with van der Waals surface area (Å²) in [6.07, 6.45) is 6.73. The molecule has 0 aromatic heterocycles. The van der Waals surface area contributed by atoms with Crippen molar-refractivity contribution in [2.45, 2.75) is 45.4 Å². The minimum atomic E-state index is -0.807. The molecule has 0 aromatic rings. The molecule has 1 saturated heterocycles. The summed E-state index contributed by atoms with van der Waals surface area (Å²) in [5.74, 6) is -0.237. The first-order valence-corrected chi connectivity index (χ1v) is 7.39. The van der Waals surface area contributed by atoms with E-state index >= 15 is 0 Å². The smallest absolute Gasteiger partial charge is 0.407 e. The number of likely N-dealkylation sites (tertiary alicyclic amines) is 1. The van der Waals surface area contributed by atoms with Crippen molar-refractivity contribution in [3.8, 4) is 0 Å². The summed E-state index contributed by atoms with van der Waals surface area (Å²) in [5.41, 5.74) is 1.47. The molecule has 2 rings (SSSR count). The summed E-state index contributed by atoms with van der Waals surface area (Å²) in [4.78, 5) is 23.9. The average Bonchev–Trinajstić information content (AvgIpc) is 2.42. The highest BCUT2D eigenvalue weighted by atomic mass is 16.5.